The van der Waals surface area contributed by atoms with Crippen molar-refractivity contribution in [3.05, 3.63) is 28.2 Å². The summed E-state index contributed by atoms with van der Waals surface area (Å²) in [5, 5.41) is 12.7. The number of hydrogen-bond donors (Lipinski definition) is 2. The van der Waals surface area contributed by atoms with E-state index in [2.05, 4.69) is 5.32 Å². The lowest BCUT2D eigenvalue weighted by Crippen LogP contribution is -2.30. The summed E-state index contributed by atoms with van der Waals surface area (Å²) in [4.78, 5) is 23.4. The normalized spacial score (nSPS) is 25.4. The predicted molar refractivity (Wildman–Crippen MR) is 78.1 cm³/mol. The van der Waals surface area contributed by atoms with Gasteiger partial charge in [-0.3, -0.25) is 9.59 Å². The summed E-state index contributed by atoms with van der Waals surface area (Å²) in [7, 11) is 0. The van der Waals surface area contributed by atoms with Crippen molar-refractivity contribution in [1.82, 2.24) is 0 Å². The Morgan fingerprint density at radius 2 is 1.90 bits per heavy atom. The number of carbonyl (C=O) groups is 2. The zero-order valence-electron chi connectivity index (χ0n) is 10.9. The Kier molecular flexibility index (Phi) is 4.55. The Balaban J connectivity index is 2.13. The maximum Gasteiger partial charge on any atom is 0.307 e. The summed E-state index contributed by atoms with van der Waals surface area (Å²) in [5.41, 5.74) is 0.449. The van der Waals surface area contributed by atoms with E-state index in [4.69, 9.17) is 23.2 Å². The highest BCUT2D eigenvalue weighted by Crippen LogP contribution is 2.37. The van der Waals surface area contributed by atoms with Crippen molar-refractivity contribution < 1.29 is 14.7 Å². The van der Waals surface area contributed by atoms with Crippen molar-refractivity contribution in [2.24, 2.45) is 17.8 Å². The lowest BCUT2D eigenvalue weighted by atomic mass is 9.95. The molecule has 0 bridgehead atoms. The molecule has 2 rings (SSSR count). The molecule has 0 heterocycles. The van der Waals surface area contributed by atoms with Gasteiger partial charge in [-0.1, -0.05) is 30.1 Å². The third kappa shape index (κ3) is 3.25. The van der Waals surface area contributed by atoms with Crippen LogP contribution in [0.5, 0.6) is 0 Å². The van der Waals surface area contributed by atoms with Gasteiger partial charge in [-0.2, -0.15) is 0 Å². The first kappa shape index (κ1) is 15.1. The van der Waals surface area contributed by atoms with Crippen molar-refractivity contribution in [2.45, 2.75) is 19.8 Å². The minimum Gasteiger partial charge on any atom is -0.481 e. The van der Waals surface area contributed by atoms with E-state index in [0.29, 0.717) is 28.6 Å². The average molecular weight is 316 g/mol. The molecule has 4 nitrogen and oxygen atoms in total. The number of anilines is 1. The molecule has 1 amide bonds. The van der Waals surface area contributed by atoms with Crippen LogP contribution in [0.15, 0.2) is 18.2 Å². The molecule has 0 radical (unpaired) electrons. The molecular weight excluding hydrogens is 301 g/mol. The second kappa shape index (κ2) is 6.02. The van der Waals surface area contributed by atoms with Gasteiger partial charge in [0.1, 0.15) is 0 Å². The fraction of sp³-hybridized carbons (Fsp3) is 0.429. The zero-order chi connectivity index (χ0) is 14.9. The SMILES string of the molecule is CC1C[C@H](C(=O)Nc2ccc(Cl)cc2Cl)[C@H](C(=O)O)C1. The van der Waals surface area contributed by atoms with Crippen molar-refractivity contribution in [2.75, 3.05) is 5.32 Å². The summed E-state index contributed by atoms with van der Waals surface area (Å²) in [5.74, 6) is -2.14. The molecule has 0 saturated heterocycles. The van der Waals surface area contributed by atoms with Gasteiger partial charge >= 0.3 is 5.97 Å². The summed E-state index contributed by atoms with van der Waals surface area (Å²) < 4.78 is 0. The number of rotatable bonds is 3. The first-order valence-electron chi connectivity index (χ1n) is 6.37. The lowest BCUT2D eigenvalue weighted by molar-refractivity contribution is -0.145. The van der Waals surface area contributed by atoms with E-state index in [1.807, 2.05) is 6.92 Å². The van der Waals surface area contributed by atoms with Crippen LogP contribution in [0.3, 0.4) is 0 Å². The van der Waals surface area contributed by atoms with Gasteiger partial charge in [-0.05, 0) is 37.0 Å². The molecule has 0 aromatic heterocycles. The molecule has 108 valence electrons. The number of carboxylic acids is 1. The van der Waals surface area contributed by atoms with E-state index in [-0.39, 0.29) is 11.8 Å². The Morgan fingerprint density at radius 1 is 1.25 bits per heavy atom. The summed E-state index contributed by atoms with van der Waals surface area (Å²) >= 11 is 11.8. The lowest BCUT2D eigenvalue weighted by Gasteiger charge is -2.16. The van der Waals surface area contributed by atoms with E-state index in [1.54, 1.807) is 12.1 Å². The number of carboxylic acid groups (broad SMARTS) is 1. The minimum atomic E-state index is -0.920. The first-order chi connectivity index (χ1) is 9.38. The summed E-state index contributed by atoms with van der Waals surface area (Å²) in [6.45, 7) is 1.96. The molecule has 1 aliphatic rings. The van der Waals surface area contributed by atoms with Gasteiger partial charge in [-0.15, -0.1) is 0 Å². The van der Waals surface area contributed by atoms with Crippen molar-refractivity contribution in [3.8, 4) is 0 Å². The second-order valence-electron chi connectivity index (χ2n) is 5.24. The van der Waals surface area contributed by atoms with Crippen molar-refractivity contribution >= 4 is 40.8 Å². The molecule has 2 N–H and O–H groups in total. The smallest absolute Gasteiger partial charge is 0.307 e. The van der Waals surface area contributed by atoms with E-state index in [0.717, 1.165) is 0 Å². The van der Waals surface area contributed by atoms with E-state index in [1.165, 1.54) is 6.07 Å². The molecule has 1 aromatic rings. The van der Waals surface area contributed by atoms with Crippen molar-refractivity contribution in [1.29, 1.82) is 0 Å². The Hall–Kier alpha value is -1.26. The number of benzene rings is 1. The van der Waals surface area contributed by atoms with Crippen LogP contribution >= 0.6 is 23.2 Å². The highest BCUT2D eigenvalue weighted by atomic mass is 35.5. The highest BCUT2D eigenvalue weighted by Gasteiger charge is 2.41. The second-order valence-corrected chi connectivity index (χ2v) is 6.08. The van der Waals surface area contributed by atoms with Crippen LogP contribution in [0.2, 0.25) is 10.0 Å². The molecule has 1 saturated carbocycles. The van der Waals surface area contributed by atoms with Gasteiger partial charge in [0.2, 0.25) is 5.91 Å². The molecule has 0 spiro atoms. The highest BCUT2D eigenvalue weighted by molar-refractivity contribution is 6.36. The fourth-order valence-corrected chi connectivity index (χ4v) is 3.13. The number of hydrogen-bond acceptors (Lipinski definition) is 2. The van der Waals surface area contributed by atoms with Crippen LogP contribution in [0, 0.1) is 17.8 Å². The van der Waals surface area contributed by atoms with Gasteiger partial charge < -0.3 is 10.4 Å². The maximum atomic E-state index is 12.2. The Morgan fingerprint density at radius 3 is 2.50 bits per heavy atom. The molecule has 6 heteroatoms. The number of aliphatic carboxylic acids is 1. The number of carbonyl (C=O) groups excluding carboxylic acids is 1. The van der Waals surface area contributed by atoms with Gasteiger partial charge in [-0.25, -0.2) is 0 Å². The monoisotopic (exact) mass is 315 g/mol. The van der Waals surface area contributed by atoms with Crippen molar-refractivity contribution in [3.63, 3.8) is 0 Å². The third-order valence-corrected chi connectivity index (χ3v) is 4.19. The molecule has 1 aromatic carbocycles. The van der Waals surface area contributed by atoms with Gasteiger partial charge in [0.05, 0.1) is 22.5 Å². The quantitative estimate of drug-likeness (QED) is 0.894. The number of nitrogens with one attached hydrogen (secondary N) is 1. The zero-order valence-corrected chi connectivity index (χ0v) is 12.4. The topological polar surface area (TPSA) is 66.4 Å². The molecule has 0 aliphatic heterocycles. The van der Waals surface area contributed by atoms with Gasteiger partial charge in [0.15, 0.2) is 0 Å². The van der Waals surface area contributed by atoms with Gasteiger partial charge in [0.25, 0.3) is 0 Å². The number of amides is 1. The Labute approximate surface area is 127 Å². The fourth-order valence-electron chi connectivity index (χ4n) is 2.67. The molecule has 1 aliphatic carbocycles. The number of halogens is 2. The molecule has 3 atom stereocenters. The van der Waals surface area contributed by atoms with Crippen LogP contribution in [-0.2, 0) is 9.59 Å². The minimum absolute atomic E-state index is 0.229. The Bertz CT molecular complexity index is 547. The molecule has 1 fully saturated rings. The van der Waals surface area contributed by atoms with Crippen LogP contribution in [0.4, 0.5) is 5.69 Å². The standard InChI is InChI=1S/C14H15Cl2NO3/c1-7-4-9(10(5-7)14(19)20)13(18)17-12-3-2-8(15)6-11(12)16/h2-3,6-7,9-10H,4-5H2,1H3,(H,17,18)(H,19,20)/t7?,9-,10+/m0/s1. The maximum absolute atomic E-state index is 12.2. The van der Waals surface area contributed by atoms with Gasteiger partial charge in [0, 0.05) is 5.02 Å². The van der Waals surface area contributed by atoms with E-state index >= 15 is 0 Å². The van der Waals surface area contributed by atoms with Crippen LogP contribution in [0.1, 0.15) is 19.8 Å². The predicted octanol–water partition coefficient (Wildman–Crippen LogP) is 3.68. The van der Waals surface area contributed by atoms with E-state index < -0.39 is 17.8 Å². The molecule has 20 heavy (non-hydrogen) atoms. The van der Waals surface area contributed by atoms with Crippen LogP contribution in [-0.4, -0.2) is 17.0 Å². The summed E-state index contributed by atoms with van der Waals surface area (Å²) in [6.07, 6.45) is 1.11. The largest absolute Gasteiger partial charge is 0.481 e. The van der Waals surface area contributed by atoms with Crippen LogP contribution < -0.4 is 5.32 Å². The average Bonchev–Trinajstić information content (AvgIpc) is 2.75. The third-order valence-electron chi connectivity index (χ3n) is 3.64. The first-order valence-corrected chi connectivity index (χ1v) is 7.12. The van der Waals surface area contributed by atoms with Crippen LogP contribution in [0.25, 0.3) is 0 Å². The van der Waals surface area contributed by atoms with E-state index in [9.17, 15) is 14.7 Å². The molecular formula is C14H15Cl2NO3. The summed E-state index contributed by atoms with van der Waals surface area (Å²) in [6, 6.07) is 4.76. The molecule has 1 unspecified atom stereocenters.